The molecule has 3 amide bonds. The molecular formula is C16H21F3N4O3. The Bertz CT molecular complexity index is 683. The minimum absolute atomic E-state index is 0.0533. The molecule has 0 fully saturated rings. The van der Waals surface area contributed by atoms with E-state index in [0.717, 1.165) is 6.07 Å². The maximum absolute atomic E-state index is 13.5. The highest BCUT2D eigenvalue weighted by atomic mass is 19.2. The van der Waals surface area contributed by atoms with Crippen LogP contribution in [0.2, 0.25) is 0 Å². The Hall–Kier alpha value is -2.62. The summed E-state index contributed by atoms with van der Waals surface area (Å²) in [6.07, 6.45) is 0. The van der Waals surface area contributed by atoms with E-state index in [1.807, 2.05) is 0 Å². The number of nitrogens with one attached hydrogen (secondary N) is 3. The van der Waals surface area contributed by atoms with Crippen LogP contribution >= 0.6 is 0 Å². The van der Waals surface area contributed by atoms with E-state index in [4.69, 9.17) is 0 Å². The summed E-state index contributed by atoms with van der Waals surface area (Å²) >= 11 is 0. The second kappa shape index (κ2) is 9.76. The molecule has 0 aliphatic heterocycles. The van der Waals surface area contributed by atoms with Crippen molar-refractivity contribution in [2.75, 3.05) is 32.0 Å². The van der Waals surface area contributed by atoms with E-state index < -0.39 is 35.0 Å². The van der Waals surface area contributed by atoms with Crippen molar-refractivity contribution in [1.29, 1.82) is 0 Å². The van der Waals surface area contributed by atoms with Gasteiger partial charge in [0.05, 0.1) is 25.3 Å². The zero-order valence-corrected chi connectivity index (χ0v) is 14.7. The number of rotatable bonds is 8. The molecule has 0 aliphatic rings. The average molecular weight is 374 g/mol. The van der Waals surface area contributed by atoms with Crippen LogP contribution < -0.4 is 16.0 Å². The molecule has 26 heavy (non-hydrogen) atoms. The van der Waals surface area contributed by atoms with Crippen LogP contribution in [0, 0.1) is 17.5 Å². The molecule has 1 aromatic carbocycles. The second-order valence-corrected chi connectivity index (χ2v) is 5.94. The minimum Gasteiger partial charge on any atom is -0.352 e. The van der Waals surface area contributed by atoms with E-state index in [-0.39, 0.29) is 31.6 Å². The van der Waals surface area contributed by atoms with Crippen molar-refractivity contribution >= 4 is 23.4 Å². The lowest BCUT2D eigenvalue weighted by molar-refractivity contribution is -0.127. The van der Waals surface area contributed by atoms with E-state index in [1.54, 1.807) is 13.8 Å². The first kappa shape index (κ1) is 21.4. The van der Waals surface area contributed by atoms with Gasteiger partial charge in [0.15, 0.2) is 17.5 Å². The van der Waals surface area contributed by atoms with Crippen LogP contribution in [-0.4, -0.2) is 55.3 Å². The summed E-state index contributed by atoms with van der Waals surface area (Å²) < 4.78 is 39.4. The van der Waals surface area contributed by atoms with Crippen LogP contribution in [0.3, 0.4) is 0 Å². The molecule has 3 N–H and O–H groups in total. The summed E-state index contributed by atoms with van der Waals surface area (Å²) in [6.45, 7) is 2.87. The fourth-order valence-electron chi connectivity index (χ4n) is 1.97. The molecule has 0 saturated carbocycles. The quantitative estimate of drug-likeness (QED) is 0.582. The fraction of sp³-hybridized carbons (Fsp3) is 0.438. The predicted octanol–water partition coefficient (Wildman–Crippen LogP) is 0.615. The predicted molar refractivity (Wildman–Crippen MR) is 88.7 cm³/mol. The van der Waals surface area contributed by atoms with Crippen molar-refractivity contribution in [3.8, 4) is 0 Å². The summed E-state index contributed by atoms with van der Waals surface area (Å²) in [6, 6.07) is 1.53. The maximum atomic E-state index is 13.5. The van der Waals surface area contributed by atoms with Crippen molar-refractivity contribution in [2.45, 2.75) is 19.9 Å². The Morgan fingerprint density at radius 3 is 2.23 bits per heavy atom. The lowest BCUT2D eigenvalue weighted by Crippen LogP contribution is -2.44. The zero-order valence-electron chi connectivity index (χ0n) is 14.7. The number of halogens is 3. The summed E-state index contributed by atoms with van der Waals surface area (Å²) in [5, 5.41) is 7.09. The van der Waals surface area contributed by atoms with Crippen LogP contribution in [0.5, 0.6) is 0 Å². The molecule has 0 aliphatic carbocycles. The molecule has 0 unspecified atom stereocenters. The zero-order chi connectivity index (χ0) is 19.9. The van der Waals surface area contributed by atoms with E-state index >= 15 is 0 Å². The van der Waals surface area contributed by atoms with Crippen LogP contribution in [0.25, 0.3) is 0 Å². The number of nitrogens with zero attached hydrogens (tertiary/aromatic N) is 1. The number of likely N-dealkylation sites (N-methyl/N-ethyl adjacent to an activating group) is 1. The number of benzene rings is 1. The van der Waals surface area contributed by atoms with E-state index in [0.29, 0.717) is 6.07 Å². The fourth-order valence-corrected chi connectivity index (χ4v) is 1.97. The summed E-state index contributed by atoms with van der Waals surface area (Å²) in [7, 11) is 1.45. The Morgan fingerprint density at radius 1 is 1.00 bits per heavy atom. The van der Waals surface area contributed by atoms with Gasteiger partial charge in [-0.2, -0.15) is 0 Å². The topological polar surface area (TPSA) is 90.5 Å². The van der Waals surface area contributed by atoms with Gasteiger partial charge in [-0.1, -0.05) is 0 Å². The molecule has 144 valence electrons. The third-order valence-corrected chi connectivity index (χ3v) is 3.03. The normalized spacial score (nSPS) is 10.8. The third-order valence-electron chi connectivity index (χ3n) is 3.03. The molecule has 7 nitrogen and oxygen atoms in total. The average Bonchev–Trinajstić information content (AvgIpc) is 2.52. The lowest BCUT2D eigenvalue weighted by Gasteiger charge is -2.16. The highest BCUT2D eigenvalue weighted by Crippen LogP contribution is 2.19. The van der Waals surface area contributed by atoms with Gasteiger partial charge in [0, 0.05) is 6.04 Å². The minimum atomic E-state index is -1.68. The molecule has 0 radical (unpaired) electrons. The van der Waals surface area contributed by atoms with E-state index in [9.17, 15) is 27.6 Å². The first-order chi connectivity index (χ1) is 12.1. The van der Waals surface area contributed by atoms with Crippen LogP contribution in [0.4, 0.5) is 18.9 Å². The van der Waals surface area contributed by atoms with Gasteiger partial charge in [0.2, 0.25) is 17.7 Å². The highest BCUT2D eigenvalue weighted by molar-refractivity contribution is 5.93. The third kappa shape index (κ3) is 7.09. The molecular weight excluding hydrogens is 353 g/mol. The Balaban J connectivity index is 2.44. The van der Waals surface area contributed by atoms with Gasteiger partial charge < -0.3 is 16.0 Å². The van der Waals surface area contributed by atoms with Gasteiger partial charge >= 0.3 is 0 Å². The van der Waals surface area contributed by atoms with Gasteiger partial charge in [-0.05, 0) is 33.0 Å². The SMILES string of the molecule is CC(C)NC(=O)CNC(=O)CN(C)CC(=O)Nc1ccc(F)c(F)c1F. The first-order valence-electron chi connectivity index (χ1n) is 7.78. The van der Waals surface area contributed by atoms with Gasteiger partial charge in [0.25, 0.3) is 0 Å². The second-order valence-electron chi connectivity index (χ2n) is 5.94. The highest BCUT2D eigenvalue weighted by Gasteiger charge is 2.17. The molecule has 1 aromatic rings. The summed E-state index contributed by atoms with van der Waals surface area (Å²) in [5.41, 5.74) is -0.503. The van der Waals surface area contributed by atoms with E-state index in [2.05, 4.69) is 16.0 Å². The number of carbonyl (C=O) groups is 3. The van der Waals surface area contributed by atoms with Crippen LogP contribution in [-0.2, 0) is 14.4 Å². The standard InChI is InChI=1S/C16H21F3N4O3/c1-9(2)21-12(24)6-20-13(25)7-23(3)8-14(26)22-11-5-4-10(17)15(18)16(11)19/h4-5,9H,6-8H2,1-3H3,(H,20,25)(H,21,24)(H,22,26). The Kier molecular flexibility index (Phi) is 8.04. The van der Waals surface area contributed by atoms with Crippen molar-refractivity contribution in [2.24, 2.45) is 0 Å². The van der Waals surface area contributed by atoms with Crippen molar-refractivity contribution in [1.82, 2.24) is 15.5 Å². The Labute approximate surface area is 148 Å². The number of carbonyl (C=O) groups excluding carboxylic acids is 3. The lowest BCUT2D eigenvalue weighted by atomic mass is 10.2. The van der Waals surface area contributed by atoms with Gasteiger partial charge in [-0.15, -0.1) is 0 Å². The Morgan fingerprint density at radius 2 is 1.62 bits per heavy atom. The summed E-state index contributed by atoms with van der Waals surface area (Å²) in [4.78, 5) is 36.2. The molecule has 1 rings (SSSR count). The molecule has 0 aromatic heterocycles. The largest absolute Gasteiger partial charge is 0.352 e. The smallest absolute Gasteiger partial charge is 0.239 e. The van der Waals surface area contributed by atoms with Crippen LogP contribution in [0.1, 0.15) is 13.8 Å². The molecule has 0 atom stereocenters. The number of hydrogen-bond donors (Lipinski definition) is 3. The van der Waals surface area contributed by atoms with Gasteiger partial charge in [-0.25, -0.2) is 13.2 Å². The molecule has 10 heteroatoms. The molecule has 0 spiro atoms. The van der Waals surface area contributed by atoms with Crippen LogP contribution in [0.15, 0.2) is 12.1 Å². The monoisotopic (exact) mass is 374 g/mol. The van der Waals surface area contributed by atoms with Crippen molar-refractivity contribution < 1.29 is 27.6 Å². The van der Waals surface area contributed by atoms with Crippen molar-refractivity contribution in [3.05, 3.63) is 29.6 Å². The number of hydrogen-bond acceptors (Lipinski definition) is 4. The summed E-state index contributed by atoms with van der Waals surface area (Å²) in [5.74, 6) is -6.11. The van der Waals surface area contributed by atoms with Gasteiger partial charge in [-0.3, -0.25) is 19.3 Å². The van der Waals surface area contributed by atoms with Crippen molar-refractivity contribution in [3.63, 3.8) is 0 Å². The number of anilines is 1. The molecule has 0 bridgehead atoms. The number of amides is 3. The maximum Gasteiger partial charge on any atom is 0.239 e. The first-order valence-corrected chi connectivity index (χ1v) is 7.78. The molecule has 0 heterocycles. The van der Waals surface area contributed by atoms with Gasteiger partial charge in [0.1, 0.15) is 0 Å². The molecule has 0 saturated heterocycles. The van der Waals surface area contributed by atoms with E-state index in [1.165, 1.54) is 11.9 Å².